The van der Waals surface area contributed by atoms with Gasteiger partial charge in [-0.15, -0.1) is 0 Å². The van der Waals surface area contributed by atoms with Crippen molar-refractivity contribution in [2.45, 2.75) is 33.4 Å². The molecule has 1 rings (SSSR count). The first kappa shape index (κ1) is 12.5. The van der Waals surface area contributed by atoms with E-state index in [2.05, 4.69) is 26.1 Å². The second-order valence-corrected chi connectivity index (χ2v) is 4.36. The Morgan fingerprint density at radius 1 is 1.60 bits per heavy atom. The van der Waals surface area contributed by atoms with Crippen molar-refractivity contribution in [2.24, 2.45) is 5.92 Å². The van der Waals surface area contributed by atoms with Crippen LogP contribution in [0.5, 0.6) is 0 Å². The van der Waals surface area contributed by atoms with E-state index in [0.717, 1.165) is 13.0 Å². The van der Waals surface area contributed by atoms with Crippen LogP contribution < -0.4 is 5.32 Å². The van der Waals surface area contributed by atoms with E-state index < -0.39 is 0 Å². The summed E-state index contributed by atoms with van der Waals surface area (Å²) >= 11 is 0. The highest BCUT2D eigenvalue weighted by Crippen LogP contribution is 2.07. The molecule has 0 aromatic carbocycles. The summed E-state index contributed by atoms with van der Waals surface area (Å²) in [7, 11) is 0. The van der Waals surface area contributed by atoms with E-state index in [1.54, 1.807) is 0 Å². The van der Waals surface area contributed by atoms with Gasteiger partial charge in [-0.05, 0) is 12.3 Å². The Morgan fingerprint density at radius 2 is 2.33 bits per heavy atom. The van der Waals surface area contributed by atoms with Gasteiger partial charge in [-0.1, -0.05) is 20.8 Å². The molecule has 1 atom stereocenters. The largest absolute Gasteiger partial charge is 0.379 e. The summed E-state index contributed by atoms with van der Waals surface area (Å²) in [5.74, 6) is 0.745. The van der Waals surface area contributed by atoms with Gasteiger partial charge in [0, 0.05) is 13.2 Å². The van der Waals surface area contributed by atoms with Crippen molar-refractivity contribution in [3.63, 3.8) is 0 Å². The molecule has 4 nitrogen and oxygen atoms in total. The Kier molecular flexibility index (Phi) is 5.05. The molecule has 1 aliphatic rings. The molecule has 88 valence electrons. The Morgan fingerprint density at radius 3 is 2.93 bits per heavy atom. The third kappa shape index (κ3) is 3.80. The molecule has 0 saturated carbocycles. The van der Waals surface area contributed by atoms with Crippen molar-refractivity contribution in [1.82, 2.24) is 10.2 Å². The first-order valence-electron chi connectivity index (χ1n) is 5.75. The van der Waals surface area contributed by atoms with Crippen LogP contribution in [-0.2, 0) is 9.53 Å². The van der Waals surface area contributed by atoms with E-state index in [0.29, 0.717) is 25.6 Å². The lowest BCUT2D eigenvalue weighted by Gasteiger charge is -2.23. The first-order valence-corrected chi connectivity index (χ1v) is 5.75. The summed E-state index contributed by atoms with van der Waals surface area (Å²) < 4.78 is 5.48. The van der Waals surface area contributed by atoms with Gasteiger partial charge in [0.2, 0.25) is 5.91 Å². The van der Waals surface area contributed by atoms with Crippen LogP contribution in [0, 0.1) is 5.92 Å². The zero-order chi connectivity index (χ0) is 11.3. The van der Waals surface area contributed by atoms with Gasteiger partial charge in [-0.3, -0.25) is 10.1 Å². The van der Waals surface area contributed by atoms with E-state index >= 15 is 0 Å². The molecule has 0 aromatic heterocycles. The van der Waals surface area contributed by atoms with Gasteiger partial charge in [0.25, 0.3) is 0 Å². The van der Waals surface area contributed by atoms with Crippen LogP contribution >= 0.6 is 0 Å². The summed E-state index contributed by atoms with van der Waals surface area (Å²) in [4.78, 5) is 13.4. The van der Waals surface area contributed by atoms with E-state index in [1.807, 2.05) is 4.90 Å². The third-order valence-electron chi connectivity index (χ3n) is 2.50. The maximum absolute atomic E-state index is 11.5. The monoisotopic (exact) mass is 214 g/mol. The van der Waals surface area contributed by atoms with E-state index in [9.17, 15) is 4.79 Å². The minimum absolute atomic E-state index is 0.190. The van der Waals surface area contributed by atoms with Crippen LogP contribution in [0.15, 0.2) is 0 Å². The van der Waals surface area contributed by atoms with Crippen molar-refractivity contribution < 1.29 is 9.53 Å². The molecule has 1 saturated heterocycles. The number of carbonyl (C=O) groups is 1. The predicted molar refractivity (Wildman–Crippen MR) is 59.5 cm³/mol. The summed E-state index contributed by atoms with van der Waals surface area (Å²) in [5, 5.41) is 3.18. The number of nitrogens with one attached hydrogen (secondary N) is 1. The second kappa shape index (κ2) is 6.08. The smallest absolute Gasteiger partial charge is 0.237 e. The minimum Gasteiger partial charge on any atom is -0.379 e. The van der Waals surface area contributed by atoms with Gasteiger partial charge < -0.3 is 9.64 Å². The number of carbonyl (C=O) groups excluding carboxylic acids is 1. The SMILES string of the molecule is CCC1NCC(=O)N1CCOCC(C)C. The Balaban J connectivity index is 2.21. The van der Waals surface area contributed by atoms with E-state index in [1.165, 1.54) is 0 Å². The molecule has 1 unspecified atom stereocenters. The van der Waals surface area contributed by atoms with Crippen LogP contribution in [0.3, 0.4) is 0 Å². The van der Waals surface area contributed by atoms with Gasteiger partial charge in [-0.25, -0.2) is 0 Å². The fourth-order valence-corrected chi connectivity index (χ4v) is 1.72. The van der Waals surface area contributed by atoms with Gasteiger partial charge in [0.15, 0.2) is 0 Å². The number of hydrogen-bond donors (Lipinski definition) is 1. The molecule has 1 aliphatic heterocycles. The molecule has 0 radical (unpaired) electrons. The number of amides is 1. The van der Waals surface area contributed by atoms with Gasteiger partial charge >= 0.3 is 0 Å². The van der Waals surface area contributed by atoms with E-state index in [-0.39, 0.29) is 12.1 Å². The van der Waals surface area contributed by atoms with Gasteiger partial charge in [0.05, 0.1) is 19.3 Å². The third-order valence-corrected chi connectivity index (χ3v) is 2.50. The summed E-state index contributed by atoms with van der Waals surface area (Å²) in [6.07, 6.45) is 1.16. The Hall–Kier alpha value is -0.610. The lowest BCUT2D eigenvalue weighted by atomic mass is 10.2. The average molecular weight is 214 g/mol. The van der Waals surface area contributed by atoms with Crippen molar-refractivity contribution >= 4 is 5.91 Å². The molecule has 1 heterocycles. The number of rotatable bonds is 6. The highest BCUT2D eigenvalue weighted by Gasteiger charge is 2.28. The molecule has 1 N–H and O–H groups in total. The van der Waals surface area contributed by atoms with Crippen LogP contribution in [0.1, 0.15) is 27.2 Å². The Bertz CT molecular complexity index is 207. The van der Waals surface area contributed by atoms with Gasteiger partial charge in [-0.2, -0.15) is 0 Å². The number of nitrogens with zero attached hydrogens (tertiary/aromatic N) is 1. The molecule has 4 heteroatoms. The van der Waals surface area contributed by atoms with Crippen molar-refractivity contribution in [3.8, 4) is 0 Å². The number of ether oxygens (including phenoxy) is 1. The summed E-state index contributed by atoms with van der Waals surface area (Å²) in [6.45, 7) is 8.92. The van der Waals surface area contributed by atoms with Crippen molar-refractivity contribution in [2.75, 3.05) is 26.3 Å². The number of hydrogen-bond acceptors (Lipinski definition) is 3. The van der Waals surface area contributed by atoms with Gasteiger partial charge in [0.1, 0.15) is 0 Å². The summed E-state index contributed by atoms with van der Waals surface area (Å²) in [6, 6.07) is 0. The lowest BCUT2D eigenvalue weighted by Crippen LogP contribution is -2.39. The second-order valence-electron chi connectivity index (χ2n) is 4.36. The summed E-state index contributed by atoms with van der Waals surface area (Å²) in [5.41, 5.74) is 0. The maximum Gasteiger partial charge on any atom is 0.237 e. The molecule has 1 amide bonds. The highest BCUT2D eigenvalue weighted by molar-refractivity contribution is 5.80. The van der Waals surface area contributed by atoms with Crippen LogP contribution in [-0.4, -0.2) is 43.3 Å². The lowest BCUT2D eigenvalue weighted by molar-refractivity contribution is -0.128. The molecule has 0 spiro atoms. The van der Waals surface area contributed by atoms with Crippen molar-refractivity contribution in [1.29, 1.82) is 0 Å². The molecule has 0 bridgehead atoms. The molecule has 1 fully saturated rings. The van der Waals surface area contributed by atoms with E-state index in [4.69, 9.17) is 4.74 Å². The average Bonchev–Trinajstić information content (AvgIpc) is 2.54. The Labute approximate surface area is 92.0 Å². The van der Waals surface area contributed by atoms with Crippen LogP contribution in [0.2, 0.25) is 0 Å². The van der Waals surface area contributed by atoms with Crippen molar-refractivity contribution in [3.05, 3.63) is 0 Å². The normalized spacial score (nSPS) is 21.7. The minimum atomic E-state index is 0.190. The first-order chi connectivity index (χ1) is 7.15. The molecular weight excluding hydrogens is 192 g/mol. The quantitative estimate of drug-likeness (QED) is 0.666. The fourth-order valence-electron chi connectivity index (χ4n) is 1.72. The topological polar surface area (TPSA) is 41.6 Å². The van der Waals surface area contributed by atoms with Crippen LogP contribution in [0.4, 0.5) is 0 Å². The van der Waals surface area contributed by atoms with Crippen LogP contribution in [0.25, 0.3) is 0 Å². The zero-order valence-corrected chi connectivity index (χ0v) is 9.95. The highest BCUT2D eigenvalue weighted by atomic mass is 16.5. The fraction of sp³-hybridized carbons (Fsp3) is 0.909. The maximum atomic E-state index is 11.5. The zero-order valence-electron chi connectivity index (χ0n) is 9.95. The molecule has 0 aromatic rings. The standard InChI is InChI=1S/C11H22N2O2/c1-4-10-12-7-11(14)13(10)5-6-15-8-9(2)3/h9-10,12H,4-8H2,1-3H3. The molecule has 0 aliphatic carbocycles. The predicted octanol–water partition coefficient (Wildman–Crippen LogP) is 0.827. The molecular formula is C11H22N2O2. The molecule has 15 heavy (non-hydrogen) atoms.